The molecule has 23 heavy (non-hydrogen) atoms. The number of imidazole rings is 1. The summed E-state index contributed by atoms with van der Waals surface area (Å²) in [7, 11) is 0. The number of fused-ring (bicyclic) bond motifs is 2. The Hall–Kier alpha value is -2.18. The average Bonchev–Trinajstić information content (AvgIpc) is 3.20. The fraction of sp³-hybridized carbons (Fsp3) is 0.294. The lowest BCUT2D eigenvalue weighted by molar-refractivity contribution is -0.116. The number of rotatable bonds is 2. The predicted molar refractivity (Wildman–Crippen MR) is 92.9 cm³/mol. The maximum Gasteiger partial charge on any atom is 0.223 e. The topological polar surface area (TPSA) is 63.6 Å². The van der Waals surface area contributed by atoms with Crippen LogP contribution < -0.4 is 10.6 Å². The van der Waals surface area contributed by atoms with Gasteiger partial charge < -0.3 is 10.6 Å². The van der Waals surface area contributed by atoms with E-state index in [-0.39, 0.29) is 5.91 Å². The van der Waals surface area contributed by atoms with Gasteiger partial charge in [0.1, 0.15) is 0 Å². The van der Waals surface area contributed by atoms with Crippen molar-refractivity contribution in [1.29, 1.82) is 0 Å². The third-order valence-electron chi connectivity index (χ3n) is 4.45. The number of hydrogen-bond donors (Lipinski definition) is 1. The van der Waals surface area contributed by atoms with E-state index >= 15 is 0 Å². The highest BCUT2D eigenvalue weighted by molar-refractivity contribution is 7.15. The van der Waals surface area contributed by atoms with Gasteiger partial charge in [-0.2, -0.15) is 0 Å². The molecule has 6 heteroatoms. The smallest absolute Gasteiger partial charge is 0.223 e. The first-order valence-electron chi connectivity index (χ1n) is 7.67. The minimum atomic E-state index is 0.0947. The summed E-state index contributed by atoms with van der Waals surface area (Å²) in [6, 6.07) is 6.22. The molecule has 0 radical (unpaired) electrons. The van der Waals surface area contributed by atoms with Crippen LogP contribution in [0.1, 0.15) is 23.9 Å². The highest BCUT2D eigenvalue weighted by Crippen LogP contribution is 2.34. The number of amides is 1. The van der Waals surface area contributed by atoms with Gasteiger partial charge in [-0.25, -0.2) is 4.98 Å². The van der Waals surface area contributed by atoms with Crippen molar-refractivity contribution in [3.63, 3.8) is 0 Å². The lowest BCUT2D eigenvalue weighted by atomic mass is 10.0. The van der Waals surface area contributed by atoms with Crippen molar-refractivity contribution < 1.29 is 4.79 Å². The van der Waals surface area contributed by atoms with Crippen LogP contribution >= 0.6 is 11.3 Å². The summed E-state index contributed by atoms with van der Waals surface area (Å²) in [5, 5.41) is 2.10. The van der Waals surface area contributed by atoms with Gasteiger partial charge in [0.2, 0.25) is 5.91 Å². The van der Waals surface area contributed by atoms with Crippen LogP contribution in [0.4, 0.5) is 5.69 Å². The van der Waals surface area contributed by atoms with Gasteiger partial charge in [-0.3, -0.25) is 9.20 Å². The third kappa shape index (κ3) is 2.09. The van der Waals surface area contributed by atoms with Gasteiger partial charge in [-0.05, 0) is 31.0 Å². The summed E-state index contributed by atoms with van der Waals surface area (Å²) in [5.41, 5.74) is 12.4. The van der Waals surface area contributed by atoms with Gasteiger partial charge in [0, 0.05) is 42.3 Å². The van der Waals surface area contributed by atoms with Gasteiger partial charge in [-0.15, -0.1) is 11.3 Å². The fourth-order valence-electron chi connectivity index (χ4n) is 3.36. The Morgan fingerprint density at radius 3 is 3.00 bits per heavy atom. The molecule has 2 aromatic heterocycles. The largest absolute Gasteiger partial charge is 0.325 e. The number of nitrogens with two attached hydrogens (primary N) is 1. The number of thiazole rings is 1. The van der Waals surface area contributed by atoms with E-state index < -0.39 is 0 Å². The molecule has 0 saturated heterocycles. The predicted octanol–water partition coefficient (Wildman–Crippen LogP) is 2.74. The first-order valence-corrected chi connectivity index (χ1v) is 8.55. The van der Waals surface area contributed by atoms with E-state index in [2.05, 4.69) is 22.8 Å². The Bertz CT molecular complexity index is 924. The van der Waals surface area contributed by atoms with Crippen LogP contribution in [0, 0.1) is 6.92 Å². The number of carbonyl (C=O) groups excluding carboxylic acids is 1. The normalized spacial score (nSPS) is 13.8. The van der Waals surface area contributed by atoms with E-state index in [0.29, 0.717) is 6.54 Å². The summed E-state index contributed by atoms with van der Waals surface area (Å²) in [6.07, 6.45) is 0.891. The Balaban J connectivity index is 1.85. The van der Waals surface area contributed by atoms with Crippen molar-refractivity contribution in [2.75, 3.05) is 11.4 Å². The molecule has 5 nitrogen and oxygen atoms in total. The van der Waals surface area contributed by atoms with Gasteiger partial charge in [0.15, 0.2) is 4.96 Å². The lowest BCUT2D eigenvalue weighted by Crippen LogP contribution is -2.25. The molecular formula is C17H18N4OS. The standard InChI is InChI=1S/C17H18N4OS/c1-10-9-23-17-19-16(15(8-18)21(10)17)13-3-4-14-12(7-13)5-6-20(14)11(2)22/h3-4,7,9H,5-6,8,18H2,1-2H3. The van der Waals surface area contributed by atoms with Crippen molar-refractivity contribution in [1.82, 2.24) is 9.38 Å². The number of nitrogens with zero attached hydrogens (tertiary/aromatic N) is 3. The van der Waals surface area contributed by atoms with Crippen LogP contribution in [0.3, 0.4) is 0 Å². The van der Waals surface area contributed by atoms with E-state index in [0.717, 1.165) is 46.3 Å². The van der Waals surface area contributed by atoms with Crippen LogP contribution in [0.15, 0.2) is 23.6 Å². The Kier molecular flexibility index (Phi) is 3.25. The molecule has 1 aromatic carbocycles. The van der Waals surface area contributed by atoms with E-state index in [1.54, 1.807) is 18.3 Å². The second-order valence-electron chi connectivity index (χ2n) is 5.87. The molecule has 1 aliphatic heterocycles. The first kappa shape index (κ1) is 14.4. The van der Waals surface area contributed by atoms with E-state index in [9.17, 15) is 4.79 Å². The molecule has 0 spiro atoms. The summed E-state index contributed by atoms with van der Waals surface area (Å²) < 4.78 is 2.13. The Morgan fingerprint density at radius 2 is 2.26 bits per heavy atom. The Labute approximate surface area is 138 Å². The molecule has 3 heterocycles. The number of aryl methyl sites for hydroxylation is 1. The van der Waals surface area contributed by atoms with Crippen LogP contribution in [0.5, 0.6) is 0 Å². The average molecular weight is 326 g/mol. The molecule has 118 valence electrons. The van der Waals surface area contributed by atoms with Crippen molar-refractivity contribution in [3.05, 3.63) is 40.5 Å². The molecule has 1 amide bonds. The first-order chi connectivity index (χ1) is 11.1. The maximum atomic E-state index is 11.7. The molecule has 0 fully saturated rings. The second kappa shape index (κ2) is 5.18. The van der Waals surface area contributed by atoms with Gasteiger partial charge in [0.25, 0.3) is 0 Å². The lowest BCUT2D eigenvalue weighted by Gasteiger charge is -2.14. The number of hydrogen-bond acceptors (Lipinski definition) is 4. The minimum absolute atomic E-state index is 0.0947. The Morgan fingerprint density at radius 1 is 1.43 bits per heavy atom. The molecule has 1 aliphatic rings. The van der Waals surface area contributed by atoms with Gasteiger partial charge in [0.05, 0.1) is 11.4 Å². The molecule has 4 rings (SSSR count). The third-order valence-corrected chi connectivity index (χ3v) is 5.40. The summed E-state index contributed by atoms with van der Waals surface area (Å²) in [5.74, 6) is 0.0947. The zero-order chi connectivity index (χ0) is 16.1. The molecule has 2 N–H and O–H groups in total. The minimum Gasteiger partial charge on any atom is -0.325 e. The molecule has 0 saturated carbocycles. The molecule has 0 unspecified atom stereocenters. The molecular weight excluding hydrogens is 308 g/mol. The molecule has 3 aromatic rings. The number of carbonyl (C=O) groups is 1. The summed E-state index contributed by atoms with van der Waals surface area (Å²) >= 11 is 1.63. The molecule has 0 atom stereocenters. The van der Waals surface area contributed by atoms with Crippen LogP contribution in [-0.2, 0) is 17.8 Å². The maximum absolute atomic E-state index is 11.7. The number of anilines is 1. The van der Waals surface area contributed by atoms with Gasteiger partial charge in [-0.1, -0.05) is 6.07 Å². The SMILES string of the molecule is CC(=O)N1CCc2cc(-c3nc4scc(C)n4c3CN)ccc21. The van der Waals surface area contributed by atoms with E-state index in [4.69, 9.17) is 10.7 Å². The summed E-state index contributed by atoms with van der Waals surface area (Å²) in [4.78, 5) is 19.3. The van der Waals surface area contributed by atoms with Crippen molar-refractivity contribution >= 4 is 27.9 Å². The zero-order valence-electron chi connectivity index (χ0n) is 13.2. The van der Waals surface area contributed by atoms with E-state index in [1.807, 2.05) is 17.0 Å². The monoisotopic (exact) mass is 326 g/mol. The van der Waals surface area contributed by atoms with E-state index in [1.165, 1.54) is 5.56 Å². The van der Waals surface area contributed by atoms with Crippen LogP contribution in [-0.4, -0.2) is 21.8 Å². The number of benzene rings is 1. The zero-order valence-corrected chi connectivity index (χ0v) is 14.0. The van der Waals surface area contributed by atoms with Crippen molar-refractivity contribution in [3.8, 4) is 11.3 Å². The summed E-state index contributed by atoms with van der Waals surface area (Å²) in [6.45, 7) is 4.89. The van der Waals surface area contributed by atoms with Crippen LogP contribution in [0.2, 0.25) is 0 Å². The second-order valence-corrected chi connectivity index (χ2v) is 6.71. The van der Waals surface area contributed by atoms with Crippen LogP contribution in [0.25, 0.3) is 16.2 Å². The molecule has 0 bridgehead atoms. The quantitative estimate of drug-likeness (QED) is 0.787. The highest BCUT2D eigenvalue weighted by Gasteiger charge is 2.23. The van der Waals surface area contributed by atoms with Crippen molar-refractivity contribution in [2.24, 2.45) is 5.73 Å². The van der Waals surface area contributed by atoms with Crippen molar-refractivity contribution in [2.45, 2.75) is 26.8 Å². The van der Waals surface area contributed by atoms with Gasteiger partial charge >= 0.3 is 0 Å². The fourth-order valence-corrected chi connectivity index (χ4v) is 4.25. The highest BCUT2D eigenvalue weighted by atomic mass is 32.1. The number of aromatic nitrogens is 2. The molecule has 0 aliphatic carbocycles.